The average Bonchev–Trinajstić information content (AvgIpc) is 3.13. The SMILES string of the molecule is CCC1(c2ccco2)OCC(=O)Nc2ccc(-c3cc(F)cc(Br)c3)cc21. The Labute approximate surface area is 164 Å². The second-order valence-corrected chi connectivity index (χ2v) is 7.33. The van der Waals surface area contributed by atoms with Crippen molar-refractivity contribution in [3.63, 3.8) is 0 Å². The van der Waals surface area contributed by atoms with E-state index in [9.17, 15) is 9.18 Å². The lowest BCUT2D eigenvalue weighted by Crippen LogP contribution is -2.30. The molecule has 1 amide bonds. The van der Waals surface area contributed by atoms with Gasteiger partial charge in [0.25, 0.3) is 0 Å². The Kier molecular flexibility index (Phi) is 4.61. The van der Waals surface area contributed by atoms with Gasteiger partial charge in [-0.15, -0.1) is 0 Å². The first-order chi connectivity index (χ1) is 13.0. The minimum Gasteiger partial charge on any atom is -0.466 e. The molecule has 0 fully saturated rings. The third-order valence-electron chi connectivity index (χ3n) is 4.79. The third kappa shape index (κ3) is 3.19. The molecule has 1 aliphatic heterocycles. The number of hydrogen-bond donors (Lipinski definition) is 1. The van der Waals surface area contributed by atoms with Crippen LogP contribution in [0.3, 0.4) is 0 Å². The van der Waals surface area contributed by atoms with E-state index in [4.69, 9.17) is 9.15 Å². The molecule has 1 atom stereocenters. The van der Waals surface area contributed by atoms with Crippen LogP contribution in [0.25, 0.3) is 11.1 Å². The summed E-state index contributed by atoms with van der Waals surface area (Å²) in [6.07, 6.45) is 2.15. The summed E-state index contributed by atoms with van der Waals surface area (Å²) in [5.74, 6) is 0.0753. The second-order valence-electron chi connectivity index (χ2n) is 6.41. The monoisotopic (exact) mass is 429 g/mol. The molecule has 0 spiro atoms. The smallest absolute Gasteiger partial charge is 0.250 e. The number of rotatable bonds is 3. The summed E-state index contributed by atoms with van der Waals surface area (Å²) in [5, 5.41) is 2.89. The summed E-state index contributed by atoms with van der Waals surface area (Å²) in [7, 11) is 0. The van der Waals surface area contributed by atoms with Crippen LogP contribution in [-0.2, 0) is 15.1 Å². The van der Waals surface area contributed by atoms with Gasteiger partial charge in [-0.05, 0) is 60.0 Å². The van der Waals surface area contributed by atoms with Crippen molar-refractivity contribution in [2.75, 3.05) is 11.9 Å². The lowest BCUT2D eigenvalue weighted by molar-refractivity contribution is -0.126. The van der Waals surface area contributed by atoms with Gasteiger partial charge in [-0.1, -0.05) is 28.9 Å². The Hall–Kier alpha value is -2.44. The van der Waals surface area contributed by atoms with E-state index < -0.39 is 5.60 Å². The largest absolute Gasteiger partial charge is 0.466 e. The number of carbonyl (C=O) groups is 1. The number of carbonyl (C=O) groups excluding carboxylic acids is 1. The van der Waals surface area contributed by atoms with Crippen molar-refractivity contribution in [1.29, 1.82) is 0 Å². The number of benzene rings is 2. The molecule has 4 rings (SSSR count). The summed E-state index contributed by atoms with van der Waals surface area (Å²) < 4.78 is 26.3. The van der Waals surface area contributed by atoms with Gasteiger partial charge in [-0.2, -0.15) is 0 Å². The average molecular weight is 430 g/mol. The van der Waals surface area contributed by atoms with Crippen LogP contribution in [0.5, 0.6) is 0 Å². The van der Waals surface area contributed by atoms with E-state index in [1.54, 1.807) is 12.3 Å². The zero-order valence-corrected chi connectivity index (χ0v) is 16.2. The maximum Gasteiger partial charge on any atom is 0.250 e. The Morgan fingerprint density at radius 3 is 2.74 bits per heavy atom. The van der Waals surface area contributed by atoms with Crippen molar-refractivity contribution in [3.05, 3.63) is 76.4 Å². The number of hydrogen-bond acceptors (Lipinski definition) is 3. The Balaban J connectivity index is 1.94. The standard InChI is InChI=1S/C21H17BrFNO3/c1-2-21(19-4-3-7-26-19)17-10-13(14-8-15(22)11-16(23)9-14)5-6-18(17)24-20(25)12-27-21/h3-11H,2,12H2,1H3,(H,24,25). The van der Waals surface area contributed by atoms with Gasteiger partial charge in [0.2, 0.25) is 5.91 Å². The highest BCUT2D eigenvalue weighted by atomic mass is 79.9. The van der Waals surface area contributed by atoms with Crippen LogP contribution in [0, 0.1) is 5.82 Å². The molecule has 1 unspecified atom stereocenters. The summed E-state index contributed by atoms with van der Waals surface area (Å²) in [6.45, 7) is 1.90. The molecule has 0 radical (unpaired) electrons. The molecule has 6 heteroatoms. The Morgan fingerprint density at radius 2 is 2.04 bits per heavy atom. The van der Waals surface area contributed by atoms with Crippen LogP contribution in [0.4, 0.5) is 10.1 Å². The van der Waals surface area contributed by atoms with Crippen LogP contribution in [0.1, 0.15) is 24.7 Å². The third-order valence-corrected chi connectivity index (χ3v) is 5.25. The first kappa shape index (κ1) is 17.9. The molecule has 2 aromatic carbocycles. The van der Waals surface area contributed by atoms with Crippen molar-refractivity contribution < 1.29 is 18.3 Å². The molecular formula is C21H17BrFNO3. The van der Waals surface area contributed by atoms with Gasteiger partial charge < -0.3 is 14.5 Å². The summed E-state index contributed by atoms with van der Waals surface area (Å²) in [4.78, 5) is 12.1. The summed E-state index contributed by atoms with van der Waals surface area (Å²) in [5.41, 5.74) is 2.08. The predicted octanol–water partition coefficient (Wildman–Crippen LogP) is 5.47. The van der Waals surface area contributed by atoms with Gasteiger partial charge in [0.15, 0.2) is 5.60 Å². The first-order valence-electron chi connectivity index (χ1n) is 8.60. The molecule has 4 nitrogen and oxygen atoms in total. The maximum absolute atomic E-state index is 13.9. The second kappa shape index (κ2) is 6.94. The quantitative estimate of drug-likeness (QED) is 0.600. The topological polar surface area (TPSA) is 51.5 Å². The Bertz CT molecular complexity index is 982. The normalized spacial score (nSPS) is 19.3. The molecule has 2 heterocycles. The fourth-order valence-electron chi connectivity index (χ4n) is 3.52. The van der Waals surface area contributed by atoms with E-state index in [0.717, 1.165) is 16.7 Å². The van der Waals surface area contributed by atoms with Gasteiger partial charge in [-0.3, -0.25) is 4.79 Å². The van der Waals surface area contributed by atoms with E-state index in [-0.39, 0.29) is 18.3 Å². The van der Waals surface area contributed by atoms with Crippen molar-refractivity contribution >= 4 is 27.5 Å². The zero-order valence-electron chi connectivity index (χ0n) is 14.6. The number of nitrogens with one attached hydrogen (secondary N) is 1. The van der Waals surface area contributed by atoms with Crippen molar-refractivity contribution in [2.24, 2.45) is 0 Å². The molecule has 27 heavy (non-hydrogen) atoms. The van der Waals surface area contributed by atoms with E-state index in [1.807, 2.05) is 37.3 Å². The number of furan rings is 1. The lowest BCUT2D eigenvalue weighted by atomic mass is 9.85. The highest BCUT2D eigenvalue weighted by Crippen LogP contribution is 2.44. The molecule has 1 aromatic heterocycles. The predicted molar refractivity (Wildman–Crippen MR) is 104 cm³/mol. The molecule has 3 aromatic rings. The van der Waals surface area contributed by atoms with E-state index >= 15 is 0 Å². The molecule has 1 aliphatic rings. The number of ether oxygens (including phenoxy) is 1. The fraction of sp³-hybridized carbons (Fsp3) is 0.190. The van der Waals surface area contributed by atoms with Crippen LogP contribution >= 0.6 is 15.9 Å². The molecular weight excluding hydrogens is 413 g/mol. The number of anilines is 1. The molecule has 0 saturated carbocycles. The first-order valence-corrected chi connectivity index (χ1v) is 9.40. The summed E-state index contributed by atoms with van der Waals surface area (Å²) >= 11 is 3.34. The summed E-state index contributed by atoms with van der Waals surface area (Å²) in [6, 6.07) is 14.0. The van der Waals surface area contributed by atoms with Crippen molar-refractivity contribution in [3.8, 4) is 11.1 Å². The highest BCUT2D eigenvalue weighted by molar-refractivity contribution is 9.10. The molecule has 138 valence electrons. The minimum absolute atomic E-state index is 0.0793. The Morgan fingerprint density at radius 1 is 1.19 bits per heavy atom. The van der Waals surface area contributed by atoms with Crippen molar-refractivity contribution in [2.45, 2.75) is 18.9 Å². The van der Waals surface area contributed by atoms with E-state index in [0.29, 0.717) is 22.3 Å². The number of fused-ring (bicyclic) bond motifs is 1. The molecule has 0 saturated heterocycles. The number of halogens is 2. The van der Waals surface area contributed by atoms with Crippen LogP contribution in [-0.4, -0.2) is 12.5 Å². The van der Waals surface area contributed by atoms with E-state index in [1.165, 1.54) is 12.1 Å². The molecule has 0 aliphatic carbocycles. The highest BCUT2D eigenvalue weighted by Gasteiger charge is 2.41. The van der Waals surface area contributed by atoms with Gasteiger partial charge in [0.05, 0.1) is 6.26 Å². The van der Waals surface area contributed by atoms with Gasteiger partial charge >= 0.3 is 0 Å². The fourth-order valence-corrected chi connectivity index (χ4v) is 3.98. The maximum atomic E-state index is 13.9. The van der Waals surface area contributed by atoms with Crippen LogP contribution < -0.4 is 5.32 Å². The van der Waals surface area contributed by atoms with Crippen LogP contribution in [0.2, 0.25) is 0 Å². The molecule has 1 N–H and O–H groups in total. The lowest BCUT2D eigenvalue weighted by Gasteiger charge is -2.31. The van der Waals surface area contributed by atoms with Crippen molar-refractivity contribution in [1.82, 2.24) is 0 Å². The molecule has 0 bridgehead atoms. The van der Waals surface area contributed by atoms with Gasteiger partial charge in [-0.25, -0.2) is 4.39 Å². The van der Waals surface area contributed by atoms with Crippen LogP contribution in [0.15, 0.2) is 63.7 Å². The minimum atomic E-state index is -0.904. The van der Waals surface area contributed by atoms with Gasteiger partial charge in [0, 0.05) is 15.7 Å². The van der Waals surface area contributed by atoms with Gasteiger partial charge in [0.1, 0.15) is 18.2 Å². The number of amides is 1. The van der Waals surface area contributed by atoms with E-state index in [2.05, 4.69) is 21.2 Å². The zero-order chi connectivity index (χ0) is 19.0.